The van der Waals surface area contributed by atoms with Crippen LogP contribution in [-0.2, 0) is 0 Å². The third-order valence-electron chi connectivity index (χ3n) is 8.32. The topological polar surface area (TPSA) is 99.7 Å². The molecule has 0 spiro atoms. The summed E-state index contributed by atoms with van der Waals surface area (Å²) in [5, 5.41) is 6.57. The normalized spacial score (nSPS) is 27.3. The van der Waals surface area contributed by atoms with Gasteiger partial charge in [-0.3, -0.25) is 4.79 Å². The smallest absolute Gasteiger partial charge is 0.391 e. The summed E-state index contributed by atoms with van der Waals surface area (Å²) in [6.45, 7) is 3.74. The van der Waals surface area contributed by atoms with Gasteiger partial charge in [-0.1, -0.05) is 12.1 Å². The molecule has 38 heavy (non-hydrogen) atoms. The van der Waals surface area contributed by atoms with E-state index in [1.807, 2.05) is 38.2 Å². The van der Waals surface area contributed by atoms with Crippen molar-refractivity contribution in [3.8, 4) is 5.88 Å². The Kier molecular flexibility index (Phi) is 7.31. The van der Waals surface area contributed by atoms with Crippen molar-refractivity contribution in [2.45, 2.75) is 62.9 Å². The molecule has 204 valence electrons. The summed E-state index contributed by atoms with van der Waals surface area (Å²) in [7, 11) is 6.12. The van der Waals surface area contributed by atoms with Crippen LogP contribution >= 0.6 is 0 Å². The van der Waals surface area contributed by atoms with E-state index in [1.54, 1.807) is 12.1 Å². The average molecular weight is 521 g/mol. The van der Waals surface area contributed by atoms with Crippen LogP contribution in [0.15, 0.2) is 36.4 Å². The van der Waals surface area contributed by atoms with E-state index in [0.29, 0.717) is 24.0 Å². The van der Waals surface area contributed by atoms with E-state index in [2.05, 4.69) is 44.5 Å². The lowest BCUT2D eigenvalue weighted by molar-refractivity contribution is -0.0450. The minimum absolute atomic E-state index is 0.135. The Bertz CT molecular complexity index is 1170. The Balaban J connectivity index is 1.24. The van der Waals surface area contributed by atoms with Gasteiger partial charge in [0.25, 0.3) is 5.91 Å². The van der Waals surface area contributed by atoms with Crippen LogP contribution in [-0.4, -0.2) is 72.2 Å². The molecule has 2 atom stereocenters. The Morgan fingerprint density at radius 3 is 2.32 bits per heavy atom. The van der Waals surface area contributed by atoms with Crippen LogP contribution < -0.4 is 20.3 Å². The zero-order chi connectivity index (χ0) is 26.9. The van der Waals surface area contributed by atoms with Crippen LogP contribution in [0.5, 0.6) is 5.88 Å². The fraction of sp³-hybridized carbons (Fsp3) is 0.586. The van der Waals surface area contributed by atoms with Gasteiger partial charge in [0, 0.05) is 36.4 Å². The maximum Gasteiger partial charge on any atom is 0.414 e. The van der Waals surface area contributed by atoms with E-state index in [4.69, 9.17) is 4.74 Å². The number of rotatable bonds is 9. The lowest BCUT2D eigenvalue weighted by Gasteiger charge is -2.61. The Hall–Kier alpha value is -3.20. The van der Waals surface area contributed by atoms with E-state index < -0.39 is 6.09 Å². The molecule has 4 bridgehead atoms. The van der Waals surface area contributed by atoms with Crippen molar-refractivity contribution in [3.05, 3.63) is 47.8 Å². The summed E-state index contributed by atoms with van der Waals surface area (Å²) in [6.07, 6.45) is 6.13. The summed E-state index contributed by atoms with van der Waals surface area (Å²) < 4.78 is 5.69. The minimum atomic E-state index is -0.478. The fourth-order valence-corrected chi connectivity index (χ4v) is 7.28. The first-order valence-electron chi connectivity index (χ1n) is 13.7. The number of aromatic nitrogens is 2. The van der Waals surface area contributed by atoms with Gasteiger partial charge in [-0.15, -0.1) is 0 Å². The first kappa shape index (κ1) is 26.4. The van der Waals surface area contributed by atoms with Crippen molar-refractivity contribution in [3.63, 3.8) is 0 Å². The largest absolute Gasteiger partial charge is 0.414 e. The molecular formula is C29H40N6O3. The van der Waals surface area contributed by atoms with Crippen molar-refractivity contribution in [1.82, 2.24) is 25.5 Å². The van der Waals surface area contributed by atoms with Crippen LogP contribution in [0.3, 0.4) is 0 Å². The number of hydrogen-bond donors (Lipinski definition) is 2. The van der Waals surface area contributed by atoms with Gasteiger partial charge >= 0.3 is 6.09 Å². The highest BCUT2D eigenvalue weighted by molar-refractivity contribution is 5.92. The molecule has 2 aromatic heterocycles. The molecule has 4 aliphatic rings. The van der Waals surface area contributed by atoms with Gasteiger partial charge in [0.1, 0.15) is 11.5 Å². The Labute approximate surface area is 225 Å². The monoisotopic (exact) mass is 520 g/mol. The number of hydrogen-bond acceptors (Lipinski definition) is 7. The average Bonchev–Trinajstić information content (AvgIpc) is 2.82. The van der Waals surface area contributed by atoms with Gasteiger partial charge in [0.05, 0.1) is 0 Å². The van der Waals surface area contributed by atoms with E-state index in [9.17, 15) is 9.59 Å². The second kappa shape index (κ2) is 10.5. The van der Waals surface area contributed by atoms with Gasteiger partial charge in [-0.05, 0) is 103 Å². The molecule has 6 rings (SSSR count). The number of aryl methyl sites for hydroxylation is 1. The van der Waals surface area contributed by atoms with Gasteiger partial charge in [0.15, 0.2) is 0 Å². The Morgan fingerprint density at radius 2 is 1.63 bits per heavy atom. The van der Waals surface area contributed by atoms with Crippen molar-refractivity contribution in [2.24, 2.45) is 11.8 Å². The van der Waals surface area contributed by atoms with Crippen LogP contribution in [0.25, 0.3) is 0 Å². The highest BCUT2D eigenvalue weighted by Gasteiger charge is 2.59. The van der Waals surface area contributed by atoms with Gasteiger partial charge < -0.3 is 25.2 Å². The number of anilines is 1. The van der Waals surface area contributed by atoms with Crippen molar-refractivity contribution >= 4 is 17.8 Å². The molecule has 9 heteroatoms. The van der Waals surface area contributed by atoms with Crippen molar-refractivity contribution in [2.75, 3.05) is 39.1 Å². The molecule has 2 unspecified atom stereocenters. The predicted octanol–water partition coefficient (Wildman–Crippen LogP) is 3.78. The summed E-state index contributed by atoms with van der Waals surface area (Å²) in [5.41, 5.74) is 0.559. The molecule has 0 radical (unpaired) electrons. The van der Waals surface area contributed by atoms with E-state index in [-0.39, 0.29) is 22.9 Å². The first-order valence-corrected chi connectivity index (χ1v) is 13.7. The molecule has 2 aromatic rings. The fourth-order valence-electron chi connectivity index (χ4n) is 7.28. The maximum atomic E-state index is 13.1. The zero-order valence-electron chi connectivity index (χ0n) is 23.0. The number of pyridine rings is 2. The summed E-state index contributed by atoms with van der Waals surface area (Å²) in [6, 6.07) is 11.0. The molecule has 0 aliphatic heterocycles. The highest BCUT2D eigenvalue weighted by atomic mass is 16.6. The number of carbonyl (C=O) groups excluding carboxylic acids is 2. The summed E-state index contributed by atoms with van der Waals surface area (Å²) >= 11 is 0. The molecule has 4 saturated carbocycles. The second-order valence-corrected chi connectivity index (χ2v) is 12.1. The quantitative estimate of drug-likeness (QED) is 0.519. The number of nitrogens with zero attached hydrogens (tertiary/aromatic N) is 4. The van der Waals surface area contributed by atoms with Crippen LogP contribution in [0.1, 0.15) is 61.1 Å². The molecule has 9 nitrogen and oxygen atoms in total. The second-order valence-electron chi connectivity index (χ2n) is 12.1. The van der Waals surface area contributed by atoms with E-state index in [1.165, 1.54) is 0 Å². The molecule has 4 fully saturated rings. The van der Waals surface area contributed by atoms with E-state index in [0.717, 1.165) is 63.1 Å². The summed E-state index contributed by atoms with van der Waals surface area (Å²) in [5.74, 6) is 1.87. The predicted molar refractivity (Wildman–Crippen MR) is 146 cm³/mol. The number of ether oxygens (including phenoxy) is 1. The third-order valence-corrected chi connectivity index (χ3v) is 8.32. The lowest BCUT2D eigenvalue weighted by Crippen LogP contribution is -2.70. The first-order chi connectivity index (χ1) is 18.1. The molecule has 0 aromatic carbocycles. The van der Waals surface area contributed by atoms with Crippen molar-refractivity contribution < 1.29 is 14.3 Å². The van der Waals surface area contributed by atoms with E-state index >= 15 is 0 Å². The minimum Gasteiger partial charge on any atom is -0.391 e. The number of carbonyl (C=O) groups is 2. The lowest BCUT2D eigenvalue weighted by atomic mass is 9.50. The number of nitrogens with one attached hydrogen (secondary N) is 2. The number of amides is 2. The molecule has 2 heterocycles. The van der Waals surface area contributed by atoms with Crippen molar-refractivity contribution in [1.29, 1.82) is 0 Å². The van der Waals surface area contributed by atoms with Crippen LogP contribution in [0, 0.1) is 18.8 Å². The highest BCUT2D eigenvalue weighted by Crippen LogP contribution is 2.57. The third kappa shape index (κ3) is 5.93. The summed E-state index contributed by atoms with van der Waals surface area (Å²) in [4.78, 5) is 39.5. The molecule has 4 aliphatic carbocycles. The van der Waals surface area contributed by atoms with Gasteiger partial charge in [-0.2, -0.15) is 4.98 Å². The molecular weight excluding hydrogens is 480 g/mol. The maximum absolute atomic E-state index is 13.1. The van der Waals surface area contributed by atoms with Gasteiger partial charge in [0.2, 0.25) is 5.88 Å². The zero-order valence-corrected chi connectivity index (χ0v) is 23.0. The van der Waals surface area contributed by atoms with Crippen LogP contribution in [0.4, 0.5) is 10.6 Å². The Morgan fingerprint density at radius 1 is 0.947 bits per heavy atom. The SMILES string of the molecule is Cc1cccc(C(=O)NC23CC4CC(CC(NC(=O)Oc5cccc(N(C)CCCN(C)C)n5)(C4)C2)C3)n1. The molecule has 2 N–H and O–H groups in total. The molecule has 2 amide bonds. The molecule has 0 saturated heterocycles. The van der Waals surface area contributed by atoms with Crippen LogP contribution in [0.2, 0.25) is 0 Å². The van der Waals surface area contributed by atoms with Gasteiger partial charge in [-0.25, -0.2) is 9.78 Å². The standard InChI is InChI=1S/C29H40N6O3/c1-20-8-5-9-23(30-20)26(36)32-28-15-21-14-22(16-28)18-29(17-21,19-28)33-27(37)38-25-11-6-10-24(31-25)35(4)13-7-12-34(2)3/h5-6,8-11,21-22H,7,12-19H2,1-4H3,(H,32,36)(H,33,37).